The van der Waals surface area contributed by atoms with Gasteiger partial charge in [-0.2, -0.15) is 0 Å². The zero-order valence-electron chi connectivity index (χ0n) is 15.7. The van der Waals surface area contributed by atoms with E-state index in [1.54, 1.807) is 0 Å². The van der Waals surface area contributed by atoms with Crippen molar-refractivity contribution in [2.24, 2.45) is 9.98 Å². The van der Waals surface area contributed by atoms with Gasteiger partial charge >= 0.3 is 0 Å². The molecule has 0 unspecified atom stereocenters. The highest BCUT2D eigenvalue weighted by Gasteiger charge is 2.20. The molecule has 0 atom stereocenters. The van der Waals surface area contributed by atoms with Crippen molar-refractivity contribution in [3.8, 4) is 0 Å². The number of aromatic nitrogens is 3. The van der Waals surface area contributed by atoms with Crippen molar-refractivity contribution in [1.29, 1.82) is 0 Å². The van der Waals surface area contributed by atoms with Crippen LogP contribution in [0.25, 0.3) is 11.0 Å². The zero-order chi connectivity index (χ0) is 18.3. The molecular formula is C21H23N5. The molecule has 5 heteroatoms. The van der Waals surface area contributed by atoms with E-state index in [-0.39, 0.29) is 5.54 Å². The van der Waals surface area contributed by atoms with Crippen LogP contribution < -0.4 is 0 Å². The van der Waals surface area contributed by atoms with E-state index in [0.29, 0.717) is 6.54 Å². The summed E-state index contributed by atoms with van der Waals surface area (Å²) in [5.74, 6) is 0.830. The average molecular weight is 345 g/mol. The first-order chi connectivity index (χ1) is 12.5. The van der Waals surface area contributed by atoms with Crippen LogP contribution in [0.3, 0.4) is 0 Å². The summed E-state index contributed by atoms with van der Waals surface area (Å²) in [5, 5.41) is 8.66. The highest BCUT2D eigenvalue weighted by atomic mass is 15.4. The lowest BCUT2D eigenvalue weighted by atomic mass is 10.0. The first kappa shape index (κ1) is 16.6. The molecule has 0 saturated heterocycles. The fourth-order valence-corrected chi connectivity index (χ4v) is 3.30. The second kappa shape index (κ2) is 6.16. The van der Waals surface area contributed by atoms with Gasteiger partial charge in [-0.3, -0.25) is 4.99 Å². The minimum atomic E-state index is -0.0959. The van der Waals surface area contributed by atoms with Gasteiger partial charge in [0.2, 0.25) is 0 Å². The van der Waals surface area contributed by atoms with E-state index in [9.17, 15) is 0 Å². The summed E-state index contributed by atoms with van der Waals surface area (Å²) < 4.78 is 1.96. The maximum Gasteiger partial charge on any atom is 0.155 e. The Hall–Kier alpha value is -2.82. The van der Waals surface area contributed by atoms with Gasteiger partial charge in [0.25, 0.3) is 0 Å². The fraction of sp³-hybridized carbons (Fsp3) is 0.333. The molecule has 2 aromatic carbocycles. The topological polar surface area (TPSA) is 55.4 Å². The lowest BCUT2D eigenvalue weighted by molar-refractivity contribution is 0.358. The minimum absolute atomic E-state index is 0.0959. The van der Waals surface area contributed by atoms with Crippen LogP contribution >= 0.6 is 0 Å². The van der Waals surface area contributed by atoms with Crippen LogP contribution in [0.15, 0.2) is 52.4 Å². The summed E-state index contributed by atoms with van der Waals surface area (Å²) in [6.45, 7) is 9.14. The van der Waals surface area contributed by atoms with E-state index in [0.717, 1.165) is 40.1 Å². The molecule has 0 spiro atoms. The molecule has 1 aliphatic rings. The van der Waals surface area contributed by atoms with Gasteiger partial charge < -0.3 is 0 Å². The molecule has 0 amide bonds. The number of amidine groups is 1. The first-order valence-corrected chi connectivity index (χ1v) is 9.04. The third-order valence-corrected chi connectivity index (χ3v) is 4.67. The molecule has 26 heavy (non-hydrogen) atoms. The Morgan fingerprint density at radius 1 is 1.08 bits per heavy atom. The van der Waals surface area contributed by atoms with Crippen molar-refractivity contribution in [3.05, 3.63) is 59.2 Å². The summed E-state index contributed by atoms with van der Waals surface area (Å²) in [6.07, 6.45) is 0.974. The Labute approximate surface area is 153 Å². The van der Waals surface area contributed by atoms with Gasteiger partial charge in [-0.25, -0.2) is 9.67 Å². The maximum atomic E-state index is 4.81. The highest BCUT2D eigenvalue weighted by molar-refractivity contribution is 6.18. The van der Waals surface area contributed by atoms with Gasteiger partial charge in [0.05, 0.1) is 23.3 Å². The van der Waals surface area contributed by atoms with Crippen molar-refractivity contribution >= 4 is 22.6 Å². The second-order valence-electron chi connectivity index (χ2n) is 7.58. The van der Waals surface area contributed by atoms with Crippen LogP contribution in [0.1, 0.15) is 44.4 Å². The van der Waals surface area contributed by atoms with E-state index >= 15 is 0 Å². The molecular weight excluding hydrogens is 322 g/mol. The first-order valence-electron chi connectivity index (χ1n) is 9.04. The lowest BCUT2D eigenvalue weighted by Crippen LogP contribution is -2.23. The Morgan fingerprint density at radius 3 is 2.65 bits per heavy atom. The second-order valence-corrected chi connectivity index (χ2v) is 7.58. The highest BCUT2D eigenvalue weighted by Crippen LogP contribution is 2.23. The van der Waals surface area contributed by atoms with E-state index in [4.69, 9.17) is 4.99 Å². The smallest absolute Gasteiger partial charge is 0.155 e. The van der Waals surface area contributed by atoms with E-state index in [2.05, 4.69) is 79.4 Å². The summed E-state index contributed by atoms with van der Waals surface area (Å²) in [6, 6.07) is 14.6. The molecule has 5 nitrogen and oxygen atoms in total. The van der Waals surface area contributed by atoms with Gasteiger partial charge in [0.15, 0.2) is 5.84 Å². The van der Waals surface area contributed by atoms with E-state index < -0.39 is 0 Å². The molecule has 0 N–H and O–H groups in total. The Morgan fingerprint density at radius 2 is 1.88 bits per heavy atom. The predicted molar refractivity (Wildman–Crippen MR) is 106 cm³/mol. The summed E-state index contributed by atoms with van der Waals surface area (Å²) >= 11 is 0. The Balaban J connectivity index is 1.69. The third-order valence-electron chi connectivity index (χ3n) is 4.67. The van der Waals surface area contributed by atoms with Gasteiger partial charge in [-0.1, -0.05) is 42.5 Å². The largest absolute Gasteiger partial charge is 0.260 e. The molecule has 3 aromatic rings. The summed E-state index contributed by atoms with van der Waals surface area (Å²) in [7, 11) is 0. The van der Waals surface area contributed by atoms with Gasteiger partial charge in [-0.15, -0.1) is 5.10 Å². The molecule has 132 valence electrons. The number of hydrogen-bond acceptors (Lipinski definition) is 4. The van der Waals surface area contributed by atoms with Gasteiger partial charge in [0.1, 0.15) is 5.52 Å². The Kier molecular flexibility index (Phi) is 3.94. The molecule has 4 rings (SSSR count). The number of benzene rings is 2. The minimum Gasteiger partial charge on any atom is -0.260 e. The van der Waals surface area contributed by atoms with Crippen LogP contribution in [0.2, 0.25) is 0 Å². The van der Waals surface area contributed by atoms with Crippen LogP contribution in [-0.4, -0.2) is 33.1 Å². The third kappa shape index (κ3) is 2.83. The number of hydrogen-bond donors (Lipinski definition) is 0. The molecule has 0 aliphatic carbocycles. The summed E-state index contributed by atoms with van der Waals surface area (Å²) in [5.41, 5.74) is 6.29. The van der Waals surface area contributed by atoms with Crippen LogP contribution in [-0.2, 0) is 12.0 Å². The standard InChI is InChI=1S/C21H23N5/c1-5-14-8-6-7-9-16(14)20-22-13-18(23-20)15-10-11-19-17(12-15)24-25-26(19)21(2,3)4/h6-12H,5,13H2,1-4H3. The van der Waals surface area contributed by atoms with Crippen LogP contribution in [0.4, 0.5) is 0 Å². The number of rotatable bonds is 3. The van der Waals surface area contributed by atoms with Crippen molar-refractivity contribution in [3.63, 3.8) is 0 Å². The van der Waals surface area contributed by atoms with Crippen molar-refractivity contribution < 1.29 is 0 Å². The number of aliphatic imine (C=N–C) groups is 2. The molecule has 0 saturated carbocycles. The van der Waals surface area contributed by atoms with Crippen molar-refractivity contribution in [1.82, 2.24) is 15.0 Å². The molecule has 1 aliphatic heterocycles. The SMILES string of the molecule is CCc1ccccc1C1=NCC(c2ccc3c(c2)nnn3C(C)(C)C)=N1. The quantitative estimate of drug-likeness (QED) is 0.720. The molecule has 2 heterocycles. The number of nitrogens with zero attached hydrogens (tertiary/aromatic N) is 5. The van der Waals surface area contributed by atoms with Gasteiger partial charge in [-0.05, 0) is 44.9 Å². The van der Waals surface area contributed by atoms with Crippen LogP contribution in [0, 0.1) is 0 Å². The molecule has 0 bridgehead atoms. The average Bonchev–Trinajstić information content (AvgIpc) is 3.27. The molecule has 1 aromatic heterocycles. The van der Waals surface area contributed by atoms with Gasteiger partial charge in [0, 0.05) is 11.1 Å². The summed E-state index contributed by atoms with van der Waals surface area (Å²) in [4.78, 5) is 9.48. The lowest BCUT2D eigenvalue weighted by Gasteiger charge is -2.19. The number of fused-ring (bicyclic) bond motifs is 1. The van der Waals surface area contributed by atoms with Crippen molar-refractivity contribution in [2.75, 3.05) is 6.54 Å². The Bertz CT molecular complexity index is 1030. The van der Waals surface area contributed by atoms with E-state index in [1.807, 2.05) is 10.7 Å². The molecule has 0 fully saturated rings. The molecule has 0 radical (unpaired) electrons. The fourth-order valence-electron chi connectivity index (χ4n) is 3.30. The van der Waals surface area contributed by atoms with E-state index in [1.165, 1.54) is 5.56 Å². The number of aryl methyl sites for hydroxylation is 1. The predicted octanol–water partition coefficient (Wildman–Crippen LogP) is 4.00. The maximum absolute atomic E-state index is 4.81. The zero-order valence-corrected chi connectivity index (χ0v) is 15.7. The normalized spacial score (nSPS) is 14.6. The van der Waals surface area contributed by atoms with Crippen molar-refractivity contribution in [2.45, 2.75) is 39.7 Å². The monoisotopic (exact) mass is 345 g/mol. The van der Waals surface area contributed by atoms with Crippen LogP contribution in [0.5, 0.6) is 0 Å².